The number of thiazole rings is 1. The Balaban J connectivity index is 2.87. The summed E-state index contributed by atoms with van der Waals surface area (Å²) >= 11 is 1.39. The van der Waals surface area contributed by atoms with Crippen molar-refractivity contribution in [2.24, 2.45) is 0 Å². The minimum absolute atomic E-state index is 0.147. The molecule has 82 valence electrons. The molecule has 2 aromatic rings. The lowest BCUT2D eigenvalue weighted by atomic mass is 10.4. The zero-order valence-corrected chi connectivity index (χ0v) is 9.80. The first-order valence-electron chi connectivity index (χ1n) is 4.75. The van der Waals surface area contributed by atoms with E-state index in [1.54, 1.807) is 25.4 Å². The van der Waals surface area contributed by atoms with E-state index in [9.17, 15) is 9.59 Å². The molecular formula is C11H10N2O2S. The first-order valence-corrected chi connectivity index (χ1v) is 5.63. The van der Waals surface area contributed by atoms with Crippen LogP contribution in [0.25, 0.3) is 4.83 Å². The van der Waals surface area contributed by atoms with Crippen molar-refractivity contribution in [3.8, 4) is 11.8 Å². The molecule has 2 rings (SSSR count). The minimum atomic E-state index is -0.324. The molecule has 2 aromatic heterocycles. The van der Waals surface area contributed by atoms with E-state index in [1.807, 2.05) is 0 Å². The van der Waals surface area contributed by atoms with Crippen molar-refractivity contribution < 1.29 is 0 Å². The maximum absolute atomic E-state index is 11.9. The average Bonchev–Trinajstić information content (AvgIpc) is 2.75. The zero-order valence-electron chi connectivity index (χ0n) is 8.98. The van der Waals surface area contributed by atoms with E-state index >= 15 is 0 Å². The maximum Gasteiger partial charge on any atom is 0.337 e. The van der Waals surface area contributed by atoms with Gasteiger partial charge in [0.1, 0.15) is 4.83 Å². The Hall–Kier alpha value is -1.80. The van der Waals surface area contributed by atoms with Gasteiger partial charge in [0, 0.05) is 17.1 Å². The van der Waals surface area contributed by atoms with Crippen molar-refractivity contribution in [1.82, 2.24) is 8.97 Å². The van der Waals surface area contributed by atoms with Crippen LogP contribution in [0.4, 0.5) is 0 Å². The average molecular weight is 234 g/mol. The molecule has 0 spiro atoms. The Morgan fingerprint density at radius 3 is 2.88 bits per heavy atom. The smallest absolute Gasteiger partial charge is 0.269 e. The van der Waals surface area contributed by atoms with Crippen molar-refractivity contribution in [1.29, 1.82) is 0 Å². The summed E-state index contributed by atoms with van der Waals surface area (Å²) in [7, 11) is 0. The second-order valence-corrected chi connectivity index (χ2v) is 4.20. The van der Waals surface area contributed by atoms with Gasteiger partial charge in [0.15, 0.2) is 0 Å². The molecular weight excluding hydrogens is 224 g/mol. The summed E-state index contributed by atoms with van der Waals surface area (Å²) in [5.41, 5.74) is 0.0114. The lowest BCUT2D eigenvalue weighted by molar-refractivity contribution is 0.708. The summed E-state index contributed by atoms with van der Waals surface area (Å²) in [6.45, 7) is 3.55. The molecule has 4 nitrogen and oxygen atoms in total. The fourth-order valence-electron chi connectivity index (χ4n) is 1.51. The van der Waals surface area contributed by atoms with Crippen LogP contribution in [0.2, 0.25) is 0 Å². The van der Waals surface area contributed by atoms with E-state index < -0.39 is 0 Å². The first kappa shape index (κ1) is 10.7. The van der Waals surface area contributed by atoms with Crippen LogP contribution in [0.15, 0.2) is 21.2 Å². The normalized spacial score (nSPS) is 10.1. The fourth-order valence-corrected chi connectivity index (χ4v) is 2.34. The highest BCUT2D eigenvalue weighted by Crippen LogP contribution is 2.10. The van der Waals surface area contributed by atoms with Crippen LogP contribution in [0.3, 0.4) is 0 Å². The Morgan fingerprint density at radius 2 is 2.19 bits per heavy atom. The Bertz CT molecular complexity index is 709. The van der Waals surface area contributed by atoms with Crippen molar-refractivity contribution in [3.63, 3.8) is 0 Å². The number of fused-ring (bicyclic) bond motifs is 1. The van der Waals surface area contributed by atoms with Gasteiger partial charge in [-0.2, -0.15) is 0 Å². The molecule has 0 amide bonds. The highest BCUT2D eigenvalue weighted by atomic mass is 32.1. The van der Waals surface area contributed by atoms with Crippen LogP contribution >= 0.6 is 11.3 Å². The highest BCUT2D eigenvalue weighted by molar-refractivity contribution is 7.15. The predicted octanol–water partition coefficient (Wildman–Crippen LogP) is 0.854. The quantitative estimate of drug-likeness (QED) is 0.687. The molecule has 0 fully saturated rings. The van der Waals surface area contributed by atoms with E-state index in [0.717, 1.165) is 4.57 Å². The molecule has 0 N–H and O–H groups in total. The summed E-state index contributed by atoms with van der Waals surface area (Å²) in [5, 5.41) is 1.79. The topological polar surface area (TPSA) is 43.5 Å². The SMILES string of the molecule is CC#CCn1c(=O)c(C)c2sccn2c1=O. The molecule has 0 saturated carbocycles. The van der Waals surface area contributed by atoms with Gasteiger partial charge in [0.25, 0.3) is 5.56 Å². The van der Waals surface area contributed by atoms with Crippen molar-refractivity contribution >= 4 is 16.2 Å². The third-order valence-corrected chi connectivity index (χ3v) is 3.33. The molecule has 2 heterocycles. The van der Waals surface area contributed by atoms with Crippen molar-refractivity contribution in [2.75, 3.05) is 0 Å². The van der Waals surface area contributed by atoms with Crippen LogP contribution in [0.1, 0.15) is 12.5 Å². The van der Waals surface area contributed by atoms with E-state index in [0.29, 0.717) is 10.4 Å². The Labute approximate surface area is 95.8 Å². The standard InChI is InChI=1S/C11H10N2O2S/c1-3-4-5-12-9(14)8(2)10-13(11(12)15)6-7-16-10/h6-7H,5H2,1-2H3. The Kier molecular flexibility index (Phi) is 2.67. The van der Waals surface area contributed by atoms with E-state index in [-0.39, 0.29) is 17.8 Å². The van der Waals surface area contributed by atoms with Crippen LogP contribution < -0.4 is 11.2 Å². The van der Waals surface area contributed by atoms with Gasteiger partial charge in [-0.15, -0.1) is 17.3 Å². The van der Waals surface area contributed by atoms with Crippen LogP contribution in [-0.4, -0.2) is 8.97 Å². The second kappa shape index (κ2) is 3.99. The predicted molar refractivity (Wildman–Crippen MR) is 64.0 cm³/mol. The lowest BCUT2D eigenvalue weighted by Gasteiger charge is -2.03. The van der Waals surface area contributed by atoms with Gasteiger partial charge in [-0.1, -0.05) is 5.92 Å². The van der Waals surface area contributed by atoms with Gasteiger partial charge in [-0.3, -0.25) is 9.20 Å². The lowest BCUT2D eigenvalue weighted by Crippen LogP contribution is -2.37. The molecule has 0 saturated heterocycles. The molecule has 0 aliphatic rings. The first-order chi connectivity index (χ1) is 7.66. The Morgan fingerprint density at radius 1 is 1.44 bits per heavy atom. The molecule has 0 bridgehead atoms. The maximum atomic E-state index is 11.9. The number of hydrogen-bond donors (Lipinski definition) is 0. The third-order valence-electron chi connectivity index (χ3n) is 2.35. The van der Waals surface area contributed by atoms with Crippen LogP contribution in [0, 0.1) is 18.8 Å². The fraction of sp³-hybridized carbons (Fsp3) is 0.273. The van der Waals surface area contributed by atoms with Gasteiger partial charge in [-0.05, 0) is 13.8 Å². The van der Waals surface area contributed by atoms with E-state index in [1.165, 1.54) is 15.7 Å². The molecule has 0 aliphatic carbocycles. The van der Waals surface area contributed by atoms with Gasteiger partial charge in [0.05, 0.1) is 6.54 Å². The third kappa shape index (κ3) is 1.48. The summed E-state index contributed by atoms with van der Waals surface area (Å²) < 4.78 is 2.64. The highest BCUT2D eigenvalue weighted by Gasteiger charge is 2.10. The summed E-state index contributed by atoms with van der Waals surface area (Å²) in [4.78, 5) is 24.5. The number of aromatic nitrogens is 2. The van der Waals surface area contributed by atoms with Gasteiger partial charge >= 0.3 is 5.69 Å². The number of hydrogen-bond acceptors (Lipinski definition) is 3. The number of aryl methyl sites for hydroxylation is 1. The van der Waals surface area contributed by atoms with Crippen molar-refractivity contribution in [2.45, 2.75) is 20.4 Å². The number of rotatable bonds is 1. The van der Waals surface area contributed by atoms with Crippen LogP contribution in [-0.2, 0) is 6.54 Å². The number of nitrogens with zero attached hydrogens (tertiary/aromatic N) is 2. The van der Waals surface area contributed by atoms with Crippen LogP contribution in [0.5, 0.6) is 0 Å². The molecule has 0 radical (unpaired) electrons. The molecule has 5 heteroatoms. The zero-order chi connectivity index (χ0) is 11.7. The van der Waals surface area contributed by atoms with Gasteiger partial charge in [0.2, 0.25) is 0 Å². The minimum Gasteiger partial charge on any atom is -0.269 e. The molecule has 0 aromatic carbocycles. The monoisotopic (exact) mass is 234 g/mol. The molecule has 0 atom stereocenters. The van der Waals surface area contributed by atoms with E-state index in [2.05, 4.69) is 11.8 Å². The summed E-state index contributed by atoms with van der Waals surface area (Å²) in [6, 6.07) is 0. The summed E-state index contributed by atoms with van der Waals surface area (Å²) in [6.07, 6.45) is 1.67. The van der Waals surface area contributed by atoms with Crippen molar-refractivity contribution in [3.05, 3.63) is 38.0 Å². The second-order valence-electron chi connectivity index (χ2n) is 3.30. The molecule has 0 unspecified atom stereocenters. The van der Waals surface area contributed by atoms with E-state index in [4.69, 9.17) is 0 Å². The van der Waals surface area contributed by atoms with Gasteiger partial charge < -0.3 is 0 Å². The largest absolute Gasteiger partial charge is 0.337 e. The summed E-state index contributed by atoms with van der Waals surface area (Å²) in [5.74, 6) is 5.41. The van der Waals surface area contributed by atoms with Gasteiger partial charge in [-0.25, -0.2) is 9.36 Å². The molecule has 0 aliphatic heterocycles. The molecule has 16 heavy (non-hydrogen) atoms.